The van der Waals surface area contributed by atoms with Crippen LogP contribution in [0.2, 0.25) is 0 Å². The van der Waals surface area contributed by atoms with Gasteiger partial charge in [0, 0.05) is 25.2 Å². The number of nitrogens with one attached hydrogen (secondary N) is 2. The molecule has 1 atom stereocenters. The van der Waals surface area contributed by atoms with E-state index in [2.05, 4.69) is 17.2 Å². The van der Waals surface area contributed by atoms with Gasteiger partial charge in [-0.2, -0.15) is 0 Å². The summed E-state index contributed by atoms with van der Waals surface area (Å²) in [7, 11) is 0. The van der Waals surface area contributed by atoms with Gasteiger partial charge < -0.3 is 15.5 Å². The van der Waals surface area contributed by atoms with Crippen LogP contribution in [0.4, 0.5) is 0 Å². The van der Waals surface area contributed by atoms with Crippen molar-refractivity contribution in [3.8, 4) is 0 Å². The van der Waals surface area contributed by atoms with Gasteiger partial charge in [0.1, 0.15) is 6.04 Å². The van der Waals surface area contributed by atoms with Crippen molar-refractivity contribution < 1.29 is 14.4 Å². The van der Waals surface area contributed by atoms with Crippen molar-refractivity contribution in [1.29, 1.82) is 0 Å². The first-order chi connectivity index (χ1) is 14.5. The van der Waals surface area contributed by atoms with Crippen LogP contribution in [0.5, 0.6) is 0 Å². The number of aryl methyl sites for hydroxylation is 1. The molecule has 1 aliphatic heterocycles. The number of benzene rings is 1. The third-order valence-electron chi connectivity index (χ3n) is 5.30. The summed E-state index contributed by atoms with van der Waals surface area (Å²) in [4.78, 5) is 40.7. The molecule has 1 saturated heterocycles. The topological polar surface area (TPSA) is 78.5 Å². The normalized spacial score (nSPS) is 15.3. The third kappa shape index (κ3) is 5.36. The number of piperidine rings is 1. The molecule has 1 aromatic heterocycles. The molecule has 0 saturated carbocycles. The second kappa shape index (κ2) is 10.2. The fourth-order valence-corrected chi connectivity index (χ4v) is 4.37. The monoisotopic (exact) mass is 425 g/mol. The van der Waals surface area contributed by atoms with E-state index in [1.807, 2.05) is 41.5 Å². The van der Waals surface area contributed by atoms with Crippen molar-refractivity contribution >= 4 is 29.1 Å². The second-order valence-electron chi connectivity index (χ2n) is 7.46. The number of hydrogen-bond acceptors (Lipinski definition) is 4. The Hall–Kier alpha value is -2.93. The predicted molar refractivity (Wildman–Crippen MR) is 119 cm³/mol. The van der Waals surface area contributed by atoms with Gasteiger partial charge in [-0.05, 0) is 49.3 Å². The zero-order valence-electron chi connectivity index (χ0n) is 17.1. The molecule has 3 amide bonds. The quantitative estimate of drug-likeness (QED) is 0.670. The van der Waals surface area contributed by atoms with E-state index in [4.69, 9.17) is 0 Å². The molecule has 7 heteroatoms. The number of amides is 3. The number of carbonyl (C=O) groups is 3. The van der Waals surface area contributed by atoms with E-state index in [0.717, 1.165) is 10.4 Å². The molecule has 3 rings (SSSR count). The fraction of sp³-hybridized carbons (Fsp3) is 0.348. The summed E-state index contributed by atoms with van der Waals surface area (Å²) in [5.41, 5.74) is 1.51. The molecule has 2 N–H and O–H groups in total. The lowest BCUT2D eigenvalue weighted by atomic mass is 9.88. The second-order valence-corrected chi connectivity index (χ2v) is 8.41. The van der Waals surface area contributed by atoms with Gasteiger partial charge in [-0.1, -0.05) is 29.8 Å². The smallest absolute Gasteiger partial charge is 0.263 e. The molecule has 0 radical (unpaired) electrons. The first kappa shape index (κ1) is 21.8. The highest BCUT2D eigenvalue weighted by Crippen LogP contribution is 2.24. The lowest BCUT2D eigenvalue weighted by Crippen LogP contribution is -2.53. The molecule has 1 fully saturated rings. The van der Waals surface area contributed by atoms with E-state index in [1.54, 1.807) is 18.2 Å². The maximum absolute atomic E-state index is 12.8. The molecule has 0 aliphatic carbocycles. The zero-order valence-corrected chi connectivity index (χ0v) is 17.9. The van der Waals surface area contributed by atoms with Crippen LogP contribution >= 0.6 is 11.3 Å². The largest absolute Gasteiger partial charge is 0.351 e. The fourth-order valence-electron chi connectivity index (χ4n) is 3.68. The molecule has 158 valence electrons. The van der Waals surface area contributed by atoms with Crippen LogP contribution in [0, 0.1) is 12.8 Å². The highest BCUT2D eigenvalue weighted by atomic mass is 32.1. The van der Waals surface area contributed by atoms with Crippen LogP contribution < -0.4 is 10.6 Å². The van der Waals surface area contributed by atoms with Gasteiger partial charge in [0.05, 0.1) is 4.88 Å². The molecule has 0 unspecified atom stereocenters. The van der Waals surface area contributed by atoms with E-state index in [9.17, 15) is 14.4 Å². The Labute approximate surface area is 181 Å². The molecule has 0 bridgehead atoms. The SMILES string of the molecule is C=CCNC(=O)[C@@H](NC(=O)c1cccc(C)c1)C1CCN(C(=O)c2cccs2)CC1. The predicted octanol–water partition coefficient (Wildman–Crippen LogP) is 3.01. The molecule has 30 heavy (non-hydrogen) atoms. The Balaban J connectivity index is 1.68. The number of hydrogen-bond donors (Lipinski definition) is 2. The summed E-state index contributed by atoms with van der Waals surface area (Å²) in [6.07, 6.45) is 2.91. The number of rotatable bonds is 7. The maximum atomic E-state index is 12.8. The summed E-state index contributed by atoms with van der Waals surface area (Å²) in [6.45, 7) is 7.02. The number of carbonyl (C=O) groups excluding carboxylic acids is 3. The van der Waals surface area contributed by atoms with E-state index >= 15 is 0 Å². The van der Waals surface area contributed by atoms with Crippen molar-refractivity contribution in [2.45, 2.75) is 25.8 Å². The highest BCUT2D eigenvalue weighted by Gasteiger charge is 2.34. The lowest BCUT2D eigenvalue weighted by Gasteiger charge is -2.35. The average molecular weight is 426 g/mol. The summed E-state index contributed by atoms with van der Waals surface area (Å²) in [5, 5.41) is 7.62. The number of likely N-dealkylation sites (tertiary alicyclic amines) is 1. The van der Waals surface area contributed by atoms with E-state index in [0.29, 0.717) is 38.0 Å². The molecule has 1 aromatic carbocycles. The maximum Gasteiger partial charge on any atom is 0.263 e. The highest BCUT2D eigenvalue weighted by molar-refractivity contribution is 7.12. The van der Waals surface area contributed by atoms with Gasteiger partial charge in [0.15, 0.2) is 0 Å². The van der Waals surface area contributed by atoms with Crippen molar-refractivity contribution in [2.75, 3.05) is 19.6 Å². The minimum Gasteiger partial charge on any atom is -0.351 e. The van der Waals surface area contributed by atoms with Crippen LogP contribution in [0.1, 0.15) is 38.4 Å². The molecule has 0 spiro atoms. The van der Waals surface area contributed by atoms with Crippen molar-refractivity contribution in [1.82, 2.24) is 15.5 Å². The van der Waals surface area contributed by atoms with Crippen LogP contribution in [0.25, 0.3) is 0 Å². The minimum absolute atomic E-state index is 0.0277. The van der Waals surface area contributed by atoms with Gasteiger partial charge in [-0.3, -0.25) is 14.4 Å². The summed E-state index contributed by atoms with van der Waals surface area (Å²) >= 11 is 1.43. The third-order valence-corrected chi connectivity index (χ3v) is 6.16. The Morgan fingerprint density at radius 2 is 2.00 bits per heavy atom. The van der Waals surface area contributed by atoms with Crippen LogP contribution in [-0.2, 0) is 4.79 Å². The van der Waals surface area contributed by atoms with Crippen molar-refractivity contribution in [3.05, 3.63) is 70.4 Å². The molecular formula is C23H27N3O3S. The Morgan fingerprint density at radius 3 is 2.63 bits per heavy atom. The Morgan fingerprint density at radius 1 is 1.23 bits per heavy atom. The zero-order chi connectivity index (χ0) is 21.5. The lowest BCUT2D eigenvalue weighted by molar-refractivity contribution is -0.124. The van der Waals surface area contributed by atoms with Crippen molar-refractivity contribution in [3.63, 3.8) is 0 Å². The van der Waals surface area contributed by atoms with Gasteiger partial charge in [0.25, 0.3) is 11.8 Å². The van der Waals surface area contributed by atoms with Crippen LogP contribution in [0.15, 0.2) is 54.4 Å². The van der Waals surface area contributed by atoms with Gasteiger partial charge in [0.2, 0.25) is 5.91 Å². The number of thiophene rings is 1. The Kier molecular flexibility index (Phi) is 7.41. The number of nitrogens with zero attached hydrogens (tertiary/aromatic N) is 1. The summed E-state index contributed by atoms with van der Waals surface area (Å²) < 4.78 is 0. The van der Waals surface area contributed by atoms with Crippen molar-refractivity contribution in [2.24, 2.45) is 5.92 Å². The molecule has 1 aliphatic rings. The molecular weight excluding hydrogens is 398 g/mol. The van der Waals surface area contributed by atoms with Crippen LogP contribution in [-0.4, -0.2) is 48.3 Å². The minimum atomic E-state index is -0.656. The summed E-state index contributed by atoms with van der Waals surface area (Å²) in [6, 6.07) is 10.3. The summed E-state index contributed by atoms with van der Waals surface area (Å²) in [5.74, 6) is -0.510. The van der Waals surface area contributed by atoms with E-state index in [-0.39, 0.29) is 23.6 Å². The first-order valence-electron chi connectivity index (χ1n) is 10.1. The molecule has 6 nitrogen and oxygen atoms in total. The van der Waals surface area contributed by atoms with Gasteiger partial charge in [-0.25, -0.2) is 0 Å². The Bertz CT molecular complexity index is 902. The first-order valence-corrected chi connectivity index (χ1v) is 11.0. The van der Waals surface area contributed by atoms with E-state index < -0.39 is 6.04 Å². The standard InChI is InChI=1S/C23H27N3O3S/c1-3-11-24-22(28)20(25-21(27)18-7-4-6-16(2)15-18)17-9-12-26(13-10-17)23(29)19-8-5-14-30-19/h3-8,14-15,17,20H,1,9-13H2,2H3,(H,24,28)(H,25,27)/t20-/m0/s1. The average Bonchev–Trinajstić information content (AvgIpc) is 3.30. The van der Waals surface area contributed by atoms with E-state index in [1.165, 1.54) is 11.3 Å². The molecule has 2 heterocycles. The van der Waals surface area contributed by atoms with Crippen LogP contribution in [0.3, 0.4) is 0 Å². The van der Waals surface area contributed by atoms with Gasteiger partial charge >= 0.3 is 0 Å². The van der Waals surface area contributed by atoms with Gasteiger partial charge in [-0.15, -0.1) is 17.9 Å². The molecule has 2 aromatic rings.